The van der Waals surface area contributed by atoms with Gasteiger partial charge in [0.1, 0.15) is 0 Å². The second kappa shape index (κ2) is 4.61. The Labute approximate surface area is 122 Å². The number of halogens is 1. The first-order chi connectivity index (χ1) is 9.09. The predicted molar refractivity (Wildman–Crippen MR) is 77.6 cm³/mol. The van der Waals surface area contributed by atoms with Crippen LogP contribution < -0.4 is 0 Å². The molecular formula is C16H18BrNO. The predicted octanol–water partition coefficient (Wildman–Crippen LogP) is 3.75. The van der Waals surface area contributed by atoms with E-state index in [2.05, 4.69) is 34.1 Å². The Morgan fingerprint density at radius 2 is 1.89 bits per heavy atom. The molecule has 1 N–H and O–H groups in total. The lowest BCUT2D eigenvalue weighted by Crippen LogP contribution is -2.50. The highest BCUT2D eigenvalue weighted by Gasteiger charge is 2.53. The summed E-state index contributed by atoms with van der Waals surface area (Å²) in [6, 6.07) is 8.72. The third-order valence-corrected chi connectivity index (χ3v) is 5.51. The van der Waals surface area contributed by atoms with Crippen molar-refractivity contribution in [2.45, 2.75) is 50.5 Å². The molecule has 0 spiro atoms. The van der Waals surface area contributed by atoms with E-state index in [0.717, 1.165) is 36.6 Å². The summed E-state index contributed by atoms with van der Waals surface area (Å²) in [6.07, 6.45) is 6.06. The van der Waals surface area contributed by atoms with Gasteiger partial charge in [-0.3, -0.25) is 0 Å². The molecule has 2 aliphatic carbocycles. The van der Waals surface area contributed by atoms with E-state index >= 15 is 0 Å². The Morgan fingerprint density at radius 3 is 2.58 bits per heavy atom. The average molecular weight is 320 g/mol. The van der Waals surface area contributed by atoms with E-state index in [4.69, 9.17) is 0 Å². The Bertz CT molecular complexity index is 542. The SMILES string of the molecule is N#CC1(C2(O)CCc3cc(Br)ccc3C2)CCCC1. The highest BCUT2D eigenvalue weighted by molar-refractivity contribution is 9.10. The maximum Gasteiger partial charge on any atom is 0.0876 e. The zero-order chi connectivity index (χ0) is 13.5. The third kappa shape index (κ3) is 2.02. The maximum absolute atomic E-state index is 11.1. The molecule has 2 nitrogen and oxygen atoms in total. The zero-order valence-corrected chi connectivity index (χ0v) is 12.5. The molecule has 0 radical (unpaired) electrons. The van der Waals surface area contributed by atoms with Crippen molar-refractivity contribution in [2.75, 3.05) is 0 Å². The summed E-state index contributed by atoms with van der Waals surface area (Å²) in [6.45, 7) is 0. The molecule has 1 aromatic carbocycles. The van der Waals surface area contributed by atoms with Gasteiger partial charge in [-0.1, -0.05) is 34.8 Å². The van der Waals surface area contributed by atoms with Crippen LogP contribution in [-0.2, 0) is 12.8 Å². The van der Waals surface area contributed by atoms with Crippen LogP contribution in [0.1, 0.15) is 43.2 Å². The van der Waals surface area contributed by atoms with E-state index in [1.54, 1.807) is 0 Å². The van der Waals surface area contributed by atoms with Gasteiger partial charge in [-0.25, -0.2) is 0 Å². The van der Waals surface area contributed by atoms with Crippen LogP contribution in [0, 0.1) is 16.7 Å². The summed E-state index contributed by atoms with van der Waals surface area (Å²) in [5.41, 5.74) is 1.17. The Morgan fingerprint density at radius 1 is 1.16 bits per heavy atom. The molecule has 2 aliphatic rings. The minimum absolute atomic E-state index is 0.516. The number of nitriles is 1. The van der Waals surface area contributed by atoms with E-state index < -0.39 is 11.0 Å². The van der Waals surface area contributed by atoms with Gasteiger partial charge in [0.15, 0.2) is 0 Å². The van der Waals surface area contributed by atoms with Crippen molar-refractivity contribution in [2.24, 2.45) is 5.41 Å². The summed E-state index contributed by atoms with van der Waals surface area (Å²) >= 11 is 3.49. The Kier molecular flexibility index (Phi) is 3.19. The molecule has 1 saturated carbocycles. The molecule has 1 unspecified atom stereocenters. The zero-order valence-electron chi connectivity index (χ0n) is 11.0. The minimum Gasteiger partial charge on any atom is -0.388 e. The van der Waals surface area contributed by atoms with E-state index in [1.165, 1.54) is 11.1 Å². The molecule has 3 heteroatoms. The third-order valence-electron chi connectivity index (χ3n) is 5.02. The first kappa shape index (κ1) is 13.1. The lowest BCUT2D eigenvalue weighted by molar-refractivity contribution is -0.0634. The quantitative estimate of drug-likeness (QED) is 0.856. The van der Waals surface area contributed by atoms with Gasteiger partial charge in [0.2, 0.25) is 0 Å². The maximum atomic E-state index is 11.1. The summed E-state index contributed by atoms with van der Waals surface area (Å²) in [5, 5.41) is 20.7. The number of aryl methyl sites for hydroxylation is 1. The lowest BCUT2D eigenvalue weighted by atomic mass is 9.63. The molecule has 19 heavy (non-hydrogen) atoms. The molecular weight excluding hydrogens is 302 g/mol. The van der Waals surface area contributed by atoms with Crippen molar-refractivity contribution in [3.63, 3.8) is 0 Å². The van der Waals surface area contributed by atoms with Crippen molar-refractivity contribution in [3.05, 3.63) is 33.8 Å². The van der Waals surface area contributed by atoms with Crippen LogP contribution in [0.25, 0.3) is 0 Å². The molecule has 100 valence electrons. The molecule has 3 rings (SSSR count). The Hall–Kier alpha value is -0.850. The Balaban J connectivity index is 1.96. The second-order valence-corrected chi connectivity index (χ2v) is 6.94. The largest absolute Gasteiger partial charge is 0.388 e. The van der Waals surface area contributed by atoms with Crippen molar-refractivity contribution in [1.29, 1.82) is 5.26 Å². The number of hydrogen-bond donors (Lipinski definition) is 1. The fourth-order valence-corrected chi connectivity index (χ4v) is 4.22. The molecule has 0 heterocycles. The topological polar surface area (TPSA) is 44.0 Å². The molecule has 0 bridgehead atoms. The fourth-order valence-electron chi connectivity index (χ4n) is 3.81. The second-order valence-electron chi connectivity index (χ2n) is 6.02. The molecule has 0 aromatic heterocycles. The smallest absolute Gasteiger partial charge is 0.0876 e. The van der Waals surface area contributed by atoms with E-state index in [-0.39, 0.29) is 0 Å². The minimum atomic E-state index is -0.834. The summed E-state index contributed by atoms with van der Waals surface area (Å²) in [4.78, 5) is 0. The van der Waals surface area contributed by atoms with Gasteiger partial charge in [-0.05, 0) is 48.9 Å². The number of aliphatic hydroxyl groups is 1. The van der Waals surface area contributed by atoms with Gasteiger partial charge >= 0.3 is 0 Å². The fraction of sp³-hybridized carbons (Fsp3) is 0.562. The normalized spacial score (nSPS) is 28.7. The molecule has 1 atom stereocenters. The first-order valence-corrected chi connectivity index (χ1v) is 7.79. The number of nitrogens with zero attached hydrogens (tertiary/aromatic N) is 1. The molecule has 0 aliphatic heterocycles. The van der Waals surface area contributed by atoms with Crippen LogP contribution in [0.4, 0.5) is 0 Å². The highest BCUT2D eigenvalue weighted by atomic mass is 79.9. The number of benzene rings is 1. The van der Waals surface area contributed by atoms with Gasteiger partial charge < -0.3 is 5.11 Å². The monoisotopic (exact) mass is 319 g/mol. The van der Waals surface area contributed by atoms with Crippen LogP contribution in [0.5, 0.6) is 0 Å². The lowest BCUT2D eigenvalue weighted by Gasteiger charge is -2.43. The van der Waals surface area contributed by atoms with Gasteiger partial charge in [0, 0.05) is 10.9 Å². The van der Waals surface area contributed by atoms with Gasteiger partial charge in [-0.15, -0.1) is 0 Å². The van der Waals surface area contributed by atoms with Crippen LogP contribution in [0.15, 0.2) is 22.7 Å². The number of hydrogen-bond acceptors (Lipinski definition) is 2. The summed E-state index contributed by atoms with van der Waals surface area (Å²) in [5.74, 6) is 0. The van der Waals surface area contributed by atoms with Crippen LogP contribution in [0.3, 0.4) is 0 Å². The number of rotatable bonds is 1. The van der Waals surface area contributed by atoms with Crippen molar-refractivity contribution in [3.8, 4) is 6.07 Å². The average Bonchev–Trinajstić information content (AvgIpc) is 2.90. The van der Waals surface area contributed by atoms with E-state index in [0.29, 0.717) is 12.8 Å². The number of fused-ring (bicyclic) bond motifs is 1. The first-order valence-electron chi connectivity index (χ1n) is 7.00. The van der Waals surface area contributed by atoms with Gasteiger partial charge in [-0.2, -0.15) is 5.26 Å². The van der Waals surface area contributed by atoms with Gasteiger partial charge in [0.25, 0.3) is 0 Å². The summed E-state index contributed by atoms with van der Waals surface area (Å²) < 4.78 is 1.09. The van der Waals surface area contributed by atoms with Crippen molar-refractivity contribution >= 4 is 15.9 Å². The van der Waals surface area contributed by atoms with Crippen molar-refractivity contribution < 1.29 is 5.11 Å². The molecule has 0 amide bonds. The van der Waals surface area contributed by atoms with Gasteiger partial charge in [0.05, 0.1) is 17.1 Å². The van der Waals surface area contributed by atoms with Crippen LogP contribution in [-0.4, -0.2) is 10.7 Å². The standard InChI is InChI=1S/C16H18BrNO/c17-14-4-3-13-10-16(19,8-5-12(13)9-14)15(11-18)6-1-2-7-15/h3-4,9,19H,1-2,5-8,10H2. The van der Waals surface area contributed by atoms with E-state index in [1.807, 2.05) is 6.07 Å². The van der Waals surface area contributed by atoms with Crippen molar-refractivity contribution in [1.82, 2.24) is 0 Å². The summed E-state index contributed by atoms with van der Waals surface area (Å²) in [7, 11) is 0. The highest BCUT2D eigenvalue weighted by Crippen LogP contribution is 2.51. The van der Waals surface area contributed by atoms with Crippen LogP contribution in [0.2, 0.25) is 0 Å². The molecule has 0 saturated heterocycles. The van der Waals surface area contributed by atoms with E-state index in [9.17, 15) is 10.4 Å². The van der Waals surface area contributed by atoms with Crippen LogP contribution >= 0.6 is 15.9 Å². The molecule has 1 aromatic rings. The molecule has 1 fully saturated rings.